The number of carbonyl (C=O) groups is 1. The second-order valence-electron chi connectivity index (χ2n) is 5.08. The minimum absolute atomic E-state index is 0.238. The molecule has 0 aliphatic rings. The zero-order chi connectivity index (χ0) is 17.6. The largest absolute Gasteiger partial charge is 0.495 e. The summed E-state index contributed by atoms with van der Waals surface area (Å²) in [4.78, 5) is 20.5. The molecule has 7 heteroatoms. The van der Waals surface area contributed by atoms with Gasteiger partial charge in [-0.25, -0.2) is 9.97 Å². The molecule has 25 heavy (non-hydrogen) atoms. The highest BCUT2D eigenvalue weighted by molar-refractivity contribution is 6.31. The van der Waals surface area contributed by atoms with E-state index in [1.807, 2.05) is 18.2 Å². The average molecular weight is 355 g/mol. The van der Waals surface area contributed by atoms with Crippen molar-refractivity contribution >= 4 is 34.7 Å². The number of benzene rings is 2. The van der Waals surface area contributed by atoms with Crippen LogP contribution in [0.15, 0.2) is 60.9 Å². The molecule has 1 heterocycles. The molecule has 126 valence electrons. The molecule has 0 fully saturated rings. The number of nitrogens with one attached hydrogen (secondary N) is 2. The molecule has 0 saturated heterocycles. The minimum Gasteiger partial charge on any atom is -0.495 e. The van der Waals surface area contributed by atoms with Crippen LogP contribution in [0.5, 0.6) is 5.75 Å². The maximum absolute atomic E-state index is 12.3. The van der Waals surface area contributed by atoms with Crippen LogP contribution in [0.4, 0.5) is 17.2 Å². The molecule has 2 aromatic carbocycles. The number of nitrogens with zero attached hydrogens (tertiary/aromatic N) is 2. The number of methoxy groups -OCH3 is 1. The van der Waals surface area contributed by atoms with E-state index in [0.29, 0.717) is 28.0 Å². The van der Waals surface area contributed by atoms with Crippen molar-refractivity contribution in [1.29, 1.82) is 0 Å². The van der Waals surface area contributed by atoms with E-state index < -0.39 is 0 Å². The maximum Gasteiger partial charge on any atom is 0.274 e. The molecule has 3 aromatic rings. The number of ether oxygens (including phenoxy) is 1. The Bertz CT molecular complexity index is 887. The van der Waals surface area contributed by atoms with Crippen LogP contribution in [0.25, 0.3) is 0 Å². The molecule has 6 nitrogen and oxygen atoms in total. The lowest BCUT2D eigenvalue weighted by atomic mass is 10.2. The Morgan fingerprint density at radius 3 is 2.64 bits per heavy atom. The van der Waals surface area contributed by atoms with Gasteiger partial charge in [-0.1, -0.05) is 29.8 Å². The Kier molecular flexibility index (Phi) is 5.11. The van der Waals surface area contributed by atoms with Gasteiger partial charge in [-0.15, -0.1) is 0 Å². The maximum atomic E-state index is 12.3. The SMILES string of the molecule is COc1ccc(Cl)cc1Nc1cc(C(=O)Nc2ccccc2)ncn1. The Morgan fingerprint density at radius 2 is 1.88 bits per heavy atom. The van der Waals surface area contributed by atoms with E-state index in [1.54, 1.807) is 43.5 Å². The Hall–Kier alpha value is -3.12. The fourth-order valence-corrected chi connectivity index (χ4v) is 2.35. The number of halogens is 1. The number of rotatable bonds is 5. The Labute approximate surface area is 149 Å². The molecular formula is C18H15ClN4O2. The number of hydrogen-bond acceptors (Lipinski definition) is 5. The second kappa shape index (κ2) is 7.63. The van der Waals surface area contributed by atoms with Crippen molar-refractivity contribution in [3.63, 3.8) is 0 Å². The first kappa shape index (κ1) is 16.7. The van der Waals surface area contributed by atoms with Crippen molar-refractivity contribution in [3.8, 4) is 5.75 Å². The van der Waals surface area contributed by atoms with Crippen molar-refractivity contribution in [3.05, 3.63) is 71.6 Å². The summed E-state index contributed by atoms with van der Waals surface area (Å²) in [6.07, 6.45) is 1.32. The molecule has 0 bridgehead atoms. The van der Waals surface area contributed by atoms with Crippen LogP contribution in [-0.4, -0.2) is 23.0 Å². The molecule has 0 aliphatic carbocycles. The van der Waals surface area contributed by atoms with Crippen LogP contribution >= 0.6 is 11.6 Å². The predicted octanol–water partition coefficient (Wildman–Crippen LogP) is 4.13. The van der Waals surface area contributed by atoms with Gasteiger partial charge < -0.3 is 15.4 Å². The molecular weight excluding hydrogens is 340 g/mol. The van der Waals surface area contributed by atoms with Crippen molar-refractivity contribution < 1.29 is 9.53 Å². The molecule has 1 amide bonds. The molecule has 0 spiro atoms. The quantitative estimate of drug-likeness (QED) is 0.720. The van der Waals surface area contributed by atoms with Gasteiger partial charge in [0.2, 0.25) is 0 Å². The van der Waals surface area contributed by atoms with Gasteiger partial charge in [0.25, 0.3) is 5.91 Å². The zero-order valence-corrected chi connectivity index (χ0v) is 14.1. The number of para-hydroxylation sites is 1. The molecule has 1 aromatic heterocycles. The van der Waals surface area contributed by atoms with Crippen molar-refractivity contribution in [2.75, 3.05) is 17.7 Å². The minimum atomic E-state index is -0.324. The van der Waals surface area contributed by atoms with Gasteiger partial charge in [-0.2, -0.15) is 0 Å². The number of amides is 1. The number of carbonyl (C=O) groups excluding carboxylic acids is 1. The highest BCUT2D eigenvalue weighted by atomic mass is 35.5. The fraction of sp³-hybridized carbons (Fsp3) is 0.0556. The van der Waals surface area contributed by atoms with Gasteiger partial charge in [0.05, 0.1) is 12.8 Å². The summed E-state index contributed by atoms with van der Waals surface area (Å²) in [5.41, 5.74) is 1.57. The van der Waals surface area contributed by atoms with E-state index in [-0.39, 0.29) is 11.6 Å². The highest BCUT2D eigenvalue weighted by Crippen LogP contribution is 2.29. The molecule has 0 atom stereocenters. The monoisotopic (exact) mass is 354 g/mol. The fourth-order valence-electron chi connectivity index (χ4n) is 2.18. The van der Waals surface area contributed by atoms with Crippen LogP contribution in [0.1, 0.15) is 10.5 Å². The van der Waals surface area contributed by atoms with E-state index in [0.717, 1.165) is 0 Å². The van der Waals surface area contributed by atoms with Crippen LogP contribution in [0.2, 0.25) is 5.02 Å². The highest BCUT2D eigenvalue weighted by Gasteiger charge is 2.11. The lowest BCUT2D eigenvalue weighted by molar-refractivity contribution is 0.102. The number of anilines is 3. The first-order valence-electron chi connectivity index (χ1n) is 7.45. The normalized spacial score (nSPS) is 10.2. The van der Waals surface area contributed by atoms with E-state index in [9.17, 15) is 4.79 Å². The van der Waals surface area contributed by atoms with Gasteiger partial charge in [0.1, 0.15) is 23.6 Å². The Morgan fingerprint density at radius 1 is 1.08 bits per heavy atom. The van der Waals surface area contributed by atoms with E-state index in [2.05, 4.69) is 20.6 Å². The molecule has 0 saturated carbocycles. The lowest BCUT2D eigenvalue weighted by Gasteiger charge is -2.11. The smallest absolute Gasteiger partial charge is 0.274 e. The predicted molar refractivity (Wildman–Crippen MR) is 97.7 cm³/mol. The van der Waals surface area contributed by atoms with Crippen molar-refractivity contribution in [1.82, 2.24) is 9.97 Å². The topological polar surface area (TPSA) is 76.1 Å². The first-order valence-corrected chi connectivity index (χ1v) is 7.82. The summed E-state index contributed by atoms with van der Waals surface area (Å²) < 4.78 is 5.29. The van der Waals surface area contributed by atoms with Crippen molar-refractivity contribution in [2.24, 2.45) is 0 Å². The third kappa shape index (κ3) is 4.24. The number of hydrogen-bond donors (Lipinski definition) is 2. The van der Waals surface area contributed by atoms with Crippen LogP contribution in [-0.2, 0) is 0 Å². The summed E-state index contributed by atoms with van der Waals surface area (Å²) in [5, 5.41) is 6.42. The van der Waals surface area contributed by atoms with Gasteiger partial charge >= 0.3 is 0 Å². The third-order valence-corrected chi connectivity index (χ3v) is 3.59. The third-order valence-electron chi connectivity index (χ3n) is 3.36. The summed E-state index contributed by atoms with van der Waals surface area (Å²) in [5.74, 6) is 0.738. The first-order chi connectivity index (χ1) is 12.2. The standard InChI is InChI=1S/C18H15ClN4O2/c1-25-16-8-7-12(19)9-14(16)23-17-10-15(20-11-21-17)18(24)22-13-5-3-2-4-6-13/h2-11H,1H3,(H,22,24)(H,20,21,23). The van der Waals surface area contributed by atoms with E-state index >= 15 is 0 Å². The zero-order valence-electron chi connectivity index (χ0n) is 13.4. The van der Waals surface area contributed by atoms with Gasteiger partial charge in [0.15, 0.2) is 0 Å². The summed E-state index contributed by atoms with van der Waals surface area (Å²) in [6, 6.07) is 15.9. The summed E-state index contributed by atoms with van der Waals surface area (Å²) in [7, 11) is 1.56. The van der Waals surface area contributed by atoms with Gasteiger partial charge in [-0.05, 0) is 30.3 Å². The van der Waals surface area contributed by atoms with Crippen LogP contribution < -0.4 is 15.4 Å². The lowest BCUT2D eigenvalue weighted by Crippen LogP contribution is -2.14. The molecule has 3 rings (SSSR count). The van der Waals surface area contributed by atoms with Crippen molar-refractivity contribution in [2.45, 2.75) is 0 Å². The van der Waals surface area contributed by atoms with Crippen LogP contribution in [0.3, 0.4) is 0 Å². The second-order valence-corrected chi connectivity index (χ2v) is 5.51. The average Bonchev–Trinajstić information content (AvgIpc) is 2.63. The van der Waals surface area contributed by atoms with Gasteiger partial charge in [-0.3, -0.25) is 4.79 Å². The van der Waals surface area contributed by atoms with Gasteiger partial charge in [0, 0.05) is 16.8 Å². The van der Waals surface area contributed by atoms with E-state index in [4.69, 9.17) is 16.3 Å². The molecule has 2 N–H and O–H groups in total. The number of aromatic nitrogens is 2. The summed E-state index contributed by atoms with van der Waals surface area (Å²) in [6.45, 7) is 0. The molecule has 0 aliphatic heterocycles. The summed E-state index contributed by atoms with van der Waals surface area (Å²) >= 11 is 6.02. The molecule has 0 unspecified atom stereocenters. The van der Waals surface area contributed by atoms with E-state index in [1.165, 1.54) is 6.33 Å². The molecule has 0 radical (unpaired) electrons. The van der Waals surface area contributed by atoms with Crippen LogP contribution in [0, 0.1) is 0 Å². The Balaban J connectivity index is 1.80.